The number of sulfone groups is 1. The first-order chi connectivity index (χ1) is 5.41. The van der Waals surface area contributed by atoms with Crippen LogP contribution in [0.3, 0.4) is 0 Å². The predicted octanol–water partition coefficient (Wildman–Crippen LogP) is 2.35. The van der Waals surface area contributed by atoms with E-state index in [1.807, 2.05) is 0 Å². The minimum Gasteiger partial charge on any atom is -0.228 e. The molecule has 12 heavy (non-hydrogen) atoms. The third-order valence-corrected chi connectivity index (χ3v) is 4.29. The van der Waals surface area contributed by atoms with Crippen LogP contribution in [-0.2, 0) is 9.84 Å². The van der Waals surface area contributed by atoms with Gasteiger partial charge in [0.25, 0.3) is 0 Å². The molecule has 0 aliphatic carbocycles. The molecule has 1 radical (unpaired) electrons. The minimum absolute atomic E-state index is 0.374. The molecule has 0 saturated heterocycles. The van der Waals surface area contributed by atoms with Gasteiger partial charge in [0.05, 0.1) is 4.34 Å². The molecule has 0 spiro atoms. The highest BCUT2D eigenvalue weighted by molar-refractivity contribution is 7.93. The summed E-state index contributed by atoms with van der Waals surface area (Å²) in [6.45, 7) is 1.58. The highest BCUT2D eigenvalue weighted by Crippen LogP contribution is 2.29. The Morgan fingerprint density at radius 2 is 2.08 bits per heavy atom. The molecule has 0 atom stereocenters. The van der Waals surface area contributed by atoms with Crippen molar-refractivity contribution in [2.45, 2.75) is 6.92 Å². The summed E-state index contributed by atoms with van der Waals surface area (Å²) in [4.78, 5) is 0.711. The third kappa shape index (κ3) is 2.21. The number of halogens is 1. The van der Waals surface area contributed by atoms with Gasteiger partial charge in [0, 0.05) is 11.1 Å². The normalized spacial score (nSPS) is 12.3. The van der Waals surface area contributed by atoms with Gasteiger partial charge in [-0.25, -0.2) is 8.42 Å². The van der Waals surface area contributed by atoms with Crippen molar-refractivity contribution in [3.63, 3.8) is 0 Å². The summed E-state index contributed by atoms with van der Waals surface area (Å²) in [6.07, 6.45) is 1.19. The fraction of sp³-hybridized carbons (Fsp3) is 0.286. The zero-order valence-corrected chi connectivity index (χ0v) is 9.05. The molecule has 0 bridgehead atoms. The average Bonchev–Trinajstić information content (AvgIpc) is 2.32. The number of hydrogen-bond acceptors (Lipinski definition) is 3. The largest absolute Gasteiger partial charge is 0.228 e. The van der Waals surface area contributed by atoms with E-state index in [4.69, 9.17) is 11.6 Å². The zero-order chi connectivity index (χ0) is 9.35. The van der Waals surface area contributed by atoms with Crippen molar-refractivity contribution in [2.75, 3.05) is 6.26 Å². The fourth-order valence-corrected chi connectivity index (χ4v) is 2.64. The Morgan fingerprint density at radius 3 is 2.42 bits per heavy atom. The van der Waals surface area contributed by atoms with E-state index in [1.165, 1.54) is 17.6 Å². The zero-order valence-electron chi connectivity index (χ0n) is 6.67. The molecule has 2 nitrogen and oxygen atoms in total. The second-order valence-corrected chi connectivity index (χ2v) is 6.30. The first kappa shape index (κ1) is 10.0. The van der Waals surface area contributed by atoms with Gasteiger partial charge < -0.3 is 0 Å². The van der Waals surface area contributed by atoms with Crippen molar-refractivity contribution in [1.82, 2.24) is 0 Å². The molecule has 1 aromatic rings. The molecule has 0 aliphatic rings. The number of thiophene rings is 1. The Labute approximate surface area is 81.1 Å². The summed E-state index contributed by atoms with van der Waals surface area (Å²) < 4.78 is 22.7. The Balaban J connectivity index is 3.01. The summed E-state index contributed by atoms with van der Waals surface area (Å²) in [5, 5.41) is 0.374. The van der Waals surface area contributed by atoms with E-state index in [2.05, 4.69) is 0 Å². The molecule has 0 N–H and O–H groups in total. The molecule has 0 saturated carbocycles. The van der Waals surface area contributed by atoms with Gasteiger partial charge in [-0.05, 0) is 19.1 Å². The van der Waals surface area contributed by atoms with Crippen molar-refractivity contribution in [3.8, 4) is 0 Å². The lowest BCUT2D eigenvalue weighted by molar-refractivity contribution is 0.604. The summed E-state index contributed by atoms with van der Waals surface area (Å²) in [6, 6.07) is 3.40. The minimum atomic E-state index is -3.07. The smallest absolute Gasteiger partial charge is 0.159 e. The molecule has 0 unspecified atom stereocenters. The Morgan fingerprint density at radius 1 is 1.50 bits per heavy atom. The quantitative estimate of drug-likeness (QED) is 0.772. The third-order valence-electron chi connectivity index (χ3n) is 1.48. The van der Waals surface area contributed by atoms with Gasteiger partial charge in [-0.2, -0.15) is 0 Å². The van der Waals surface area contributed by atoms with Crippen LogP contribution in [0.15, 0.2) is 12.1 Å². The van der Waals surface area contributed by atoms with Crippen LogP contribution in [0.2, 0.25) is 4.34 Å². The van der Waals surface area contributed by atoms with Crippen LogP contribution in [0.5, 0.6) is 0 Å². The molecule has 1 heterocycles. The van der Waals surface area contributed by atoms with Gasteiger partial charge in [0.2, 0.25) is 0 Å². The number of rotatable bonds is 2. The standard InChI is InChI=1S/C7H8ClO2S2/c1-5(12(2,9)10)6-3-4-7(8)11-6/h3-4H,1-2H3. The molecule has 67 valence electrons. The first-order valence-electron chi connectivity index (χ1n) is 3.20. The molecular formula is C7H8ClO2S2. The van der Waals surface area contributed by atoms with E-state index >= 15 is 0 Å². The first-order valence-corrected chi connectivity index (χ1v) is 6.29. The van der Waals surface area contributed by atoms with Crippen molar-refractivity contribution in [1.29, 1.82) is 0 Å². The van der Waals surface area contributed by atoms with Crippen LogP contribution in [0.1, 0.15) is 11.8 Å². The highest BCUT2D eigenvalue weighted by atomic mass is 35.5. The molecule has 0 fully saturated rings. The monoisotopic (exact) mass is 223 g/mol. The second-order valence-electron chi connectivity index (χ2n) is 2.43. The van der Waals surface area contributed by atoms with Gasteiger partial charge in [0.1, 0.15) is 5.25 Å². The molecule has 1 aromatic heterocycles. The number of hydrogen-bond donors (Lipinski definition) is 0. The molecule has 1 rings (SSSR count). The van der Waals surface area contributed by atoms with Crippen LogP contribution in [0.4, 0.5) is 0 Å². The molecule has 0 amide bonds. The Hall–Kier alpha value is -0.0600. The van der Waals surface area contributed by atoms with Crippen LogP contribution in [0.25, 0.3) is 0 Å². The predicted molar refractivity (Wildman–Crippen MR) is 52.2 cm³/mol. The maximum atomic E-state index is 11.1. The second kappa shape index (κ2) is 3.36. The van der Waals surface area contributed by atoms with E-state index in [1.54, 1.807) is 19.1 Å². The van der Waals surface area contributed by atoms with Crippen molar-refractivity contribution >= 4 is 32.8 Å². The highest BCUT2D eigenvalue weighted by Gasteiger charge is 2.19. The maximum absolute atomic E-state index is 11.1. The van der Waals surface area contributed by atoms with E-state index in [-0.39, 0.29) is 0 Å². The van der Waals surface area contributed by atoms with Crippen LogP contribution < -0.4 is 0 Å². The van der Waals surface area contributed by atoms with Gasteiger partial charge in [-0.3, -0.25) is 0 Å². The van der Waals surface area contributed by atoms with Gasteiger partial charge in [-0.1, -0.05) is 11.6 Å². The van der Waals surface area contributed by atoms with Crippen LogP contribution >= 0.6 is 22.9 Å². The summed E-state index contributed by atoms with van der Waals surface area (Å²) in [7, 11) is -3.07. The lowest BCUT2D eigenvalue weighted by Crippen LogP contribution is -2.06. The SMILES string of the molecule is C[C](c1ccc(Cl)s1)S(C)(=O)=O. The lowest BCUT2D eigenvalue weighted by atomic mass is 10.4. The fourth-order valence-electron chi connectivity index (χ4n) is 0.686. The van der Waals surface area contributed by atoms with E-state index < -0.39 is 9.84 Å². The van der Waals surface area contributed by atoms with Crippen molar-refractivity contribution in [3.05, 3.63) is 26.6 Å². The van der Waals surface area contributed by atoms with Gasteiger partial charge >= 0.3 is 0 Å². The maximum Gasteiger partial charge on any atom is 0.159 e. The average molecular weight is 224 g/mol. The Bertz CT molecular complexity index is 367. The van der Waals surface area contributed by atoms with Crippen molar-refractivity contribution < 1.29 is 8.42 Å². The summed E-state index contributed by atoms with van der Waals surface area (Å²) in [5.41, 5.74) is 0. The molecule has 5 heteroatoms. The summed E-state index contributed by atoms with van der Waals surface area (Å²) in [5.74, 6) is 0. The van der Waals surface area contributed by atoms with E-state index in [0.717, 1.165) is 0 Å². The van der Waals surface area contributed by atoms with Crippen molar-refractivity contribution in [2.24, 2.45) is 0 Å². The lowest BCUT2D eigenvalue weighted by Gasteiger charge is -2.03. The van der Waals surface area contributed by atoms with Gasteiger partial charge in [0.15, 0.2) is 9.84 Å². The van der Waals surface area contributed by atoms with Crippen LogP contribution in [-0.4, -0.2) is 14.7 Å². The molecule has 0 aliphatic heterocycles. The molecule has 0 aromatic carbocycles. The molecular weight excluding hydrogens is 216 g/mol. The summed E-state index contributed by atoms with van der Waals surface area (Å²) >= 11 is 6.94. The topological polar surface area (TPSA) is 34.1 Å². The van der Waals surface area contributed by atoms with Crippen LogP contribution in [0, 0.1) is 5.25 Å². The van der Waals surface area contributed by atoms with E-state index in [9.17, 15) is 8.42 Å². The van der Waals surface area contributed by atoms with E-state index in [0.29, 0.717) is 14.5 Å². The van der Waals surface area contributed by atoms with Gasteiger partial charge in [-0.15, -0.1) is 11.3 Å². The Kier molecular flexibility index (Phi) is 2.81.